The number of ether oxygens (including phenoxy) is 1. The number of sulfonamides is 1. The van der Waals surface area contributed by atoms with Gasteiger partial charge in [-0.05, 0) is 13.0 Å². The number of aromatic nitrogens is 2. The van der Waals surface area contributed by atoms with Crippen LogP contribution >= 0.6 is 0 Å². The Hall–Kier alpha value is -1.86. The van der Waals surface area contributed by atoms with Gasteiger partial charge in [0.15, 0.2) is 5.03 Å². The Morgan fingerprint density at radius 3 is 2.68 bits per heavy atom. The Labute approximate surface area is 131 Å². The van der Waals surface area contributed by atoms with Crippen molar-refractivity contribution in [2.45, 2.75) is 38.3 Å². The van der Waals surface area contributed by atoms with Crippen LogP contribution in [0.2, 0.25) is 0 Å². The SMILES string of the molecule is CCOCc1ccccc1NS(=O)(=O)c1cnc(C(C)C)[nH]1. The van der Waals surface area contributed by atoms with Crippen molar-refractivity contribution in [2.24, 2.45) is 0 Å². The molecule has 0 atom stereocenters. The van der Waals surface area contributed by atoms with E-state index in [4.69, 9.17) is 4.74 Å². The average Bonchev–Trinajstić information content (AvgIpc) is 2.97. The first-order valence-corrected chi connectivity index (χ1v) is 8.65. The second-order valence-corrected chi connectivity index (χ2v) is 6.84. The molecule has 0 aliphatic rings. The van der Waals surface area contributed by atoms with E-state index in [0.29, 0.717) is 24.7 Å². The van der Waals surface area contributed by atoms with Crippen molar-refractivity contribution < 1.29 is 13.2 Å². The normalized spacial score (nSPS) is 11.8. The third kappa shape index (κ3) is 3.86. The lowest BCUT2D eigenvalue weighted by molar-refractivity contribution is 0.134. The van der Waals surface area contributed by atoms with Gasteiger partial charge in [0.25, 0.3) is 10.0 Å². The number of hydrogen-bond donors (Lipinski definition) is 2. The standard InChI is InChI=1S/C15H21N3O3S/c1-4-21-10-12-7-5-6-8-13(12)18-22(19,20)14-9-16-15(17-14)11(2)3/h5-9,11,18H,4,10H2,1-3H3,(H,16,17). The minimum absolute atomic E-state index is 0.0578. The first-order chi connectivity index (χ1) is 10.4. The maximum atomic E-state index is 12.4. The van der Waals surface area contributed by atoms with Crippen LogP contribution in [0.1, 0.15) is 38.1 Å². The van der Waals surface area contributed by atoms with E-state index in [1.165, 1.54) is 6.20 Å². The summed E-state index contributed by atoms with van der Waals surface area (Å²) in [5, 5.41) is 0.0578. The highest BCUT2D eigenvalue weighted by atomic mass is 32.2. The van der Waals surface area contributed by atoms with Gasteiger partial charge in [0.05, 0.1) is 18.5 Å². The monoisotopic (exact) mass is 323 g/mol. The second-order valence-electron chi connectivity index (χ2n) is 5.19. The minimum atomic E-state index is -3.70. The summed E-state index contributed by atoms with van der Waals surface area (Å²) in [4.78, 5) is 6.94. The molecule has 2 rings (SSSR count). The molecule has 0 spiro atoms. The number of H-pyrrole nitrogens is 1. The zero-order chi connectivity index (χ0) is 16.2. The van der Waals surface area contributed by atoms with Gasteiger partial charge in [0.2, 0.25) is 0 Å². The van der Waals surface area contributed by atoms with Gasteiger partial charge < -0.3 is 9.72 Å². The predicted molar refractivity (Wildman–Crippen MR) is 85.3 cm³/mol. The Morgan fingerprint density at radius 2 is 2.05 bits per heavy atom. The molecule has 0 aliphatic carbocycles. The molecule has 1 heterocycles. The van der Waals surface area contributed by atoms with E-state index in [0.717, 1.165) is 5.56 Å². The maximum Gasteiger partial charge on any atom is 0.278 e. The fourth-order valence-corrected chi connectivity index (χ4v) is 2.94. The van der Waals surface area contributed by atoms with E-state index in [9.17, 15) is 8.42 Å². The molecule has 0 saturated heterocycles. The van der Waals surface area contributed by atoms with Crippen LogP contribution in [-0.4, -0.2) is 25.0 Å². The Morgan fingerprint density at radius 1 is 1.32 bits per heavy atom. The molecule has 6 nitrogen and oxygen atoms in total. The molecule has 22 heavy (non-hydrogen) atoms. The molecule has 0 fully saturated rings. The van der Waals surface area contributed by atoms with Gasteiger partial charge in [-0.1, -0.05) is 32.0 Å². The summed E-state index contributed by atoms with van der Waals surface area (Å²) < 4.78 is 32.8. The van der Waals surface area contributed by atoms with Crippen molar-refractivity contribution in [3.05, 3.63) is 41.9 Å². The van der Waals surface area contributed by atoms with Crippen molar-refractivity contribution in [1.29, 1.82) is 0 Å². The summed E-state index contributed by atoms with van der Waals surface area (Å²) in [6.07, 6.45) is 1.34. The molecule has 0 unspecified atom stereocenters. The molecule has 2 aromatic rings. The van der Waals surface area contributed by atoms with Crippen LogP contribution in [0.15, 0.2) is 35.5 Å². The summed E-state index contributed by atoms with van der Waals surface area (Å²) in [6, 6.07) is 7.17. The van der Waals surface area contributed by atoms with Gasteiger partial charge in [-0.3, -0.25) is 4.72 Å². The molecule has 2 N–H and O–H groups in total. The van der Waals surface area contributed by atoms with Gasteiger partial charge in [-0.15, -0.1) is 0 Å². The van der Waals surface area contributed by atoms with E-state index in [-0.39, 0.29) is 10.9 Å². The van der Waals surface area contributed by atoms with Crippen molar-refractivity contribution in [2.75, 3.05) is 11.3 Å². The molecule has 7 heteroatoms. The van der Waals surface area contributed by atoms with E-state index in [1.807, 2.05) is 32.9 Å². The molecule has 1 aromatic heterocycles. The number of hydrogen-bond acceptors (Lipinski definition) is 4. The summed E-state index contributed by atoms with van der Waals surface area (Å²) in [6.45, 7) is 6.71. The third-order valence-electron chi connectivity index (χ3n) is 3.13. The quantitative estimate of drug-likeness (QED) is 0.820. The summed E-state index contributed by atoms with van der Waals surface area (Å²) in [5.41, 5.74) is 1.30. The Bertz CT molecular complexity index is 723. The summed E-state index contributed by atoms with van der Waals surface area (Å²) in [5.74, 6) is 0.775. The minimum Gasteiger partial charge on any atom is -0.377 e. The van der Waals surface area contributed by atoms with Crippen LogP contribution in [-0.2, 0) is 21.4 Å². The zero-order valence-electron chi connectivity index (χ0n) is 13.0. The number of nitrogens with one attached hydrogen (secondary N) is 2. The molecular formula is C15H21N3O3S. The Kier molecular flexibility index (Phi) is 5.20. The smallest absolute Gasteiger partial charge is 0.278 e. The van der Waals surface area contributed by atoms with Gasteiger partial charge in [-0.2, -0.15) is 8.42 Å². The number of imidazole rings is 1. The van der Waals surface area contributed by atoms with Gasteiger partial charge in [-0.25, -0.2) is 4.98 Å². The van der Waals surface area contributed by atoms with Crippen LogP contribution in [0.25, 0.3) is 0 Å². The fraction of sp³-hybridized carbons (Fsp3) is 0.400. The van der Waals surface area contributed by atoms with Crippen LogP contribution in [0.5, 0.6) is 0 Å². The number of nitrogens with zero attached hydrogens (tertiary/aromatic N) is 1. The second kappa shape index (κ2) is 6.93. The molecule has 0 aliphatic heterocycles. The number of para-hydroxylation sites is 1. The van der Waals surface area contributed by atoms with Gasteiger partial charge in [0.1, 0.15) is 5.82 Å². The van der Waals surface area contributed by atoms with Crippen LogP contribution in [0.4, 0.5) is 5.69 Å². The van der Waals surface area contributed by atoms with Crippen LogP contribution in [0, 0.1) is 0 Å². The van der Waals surface area contributed by atoms with Crippen molar-refractivity contribution in [3.8, 4) is 0 Å². The van der Waals surface area contributed by atoms with E-state index >= 15 is 0 Å². The largest absolute Gasteiger partial charge is 0.377 e. The molecular weight excluding hydrogens is 302 g/mol. The lowest BCUT2D eigenvalue weighted by Gasteiger charge is -2.11. The van der Waals surface area contributed by atoms with Crippen LogP contribution < -0.4 is 4.72 Å². The number of aromatic amines is 1. The molecule has 0 radical (unpaired) electrons. The molecule has 120 valence electrons. The zero-order valence-corrected chi connectivity index (χ0v) is 13.8. The fourth-order valence-electron chi connectivity index (χ4n) is 1.91. The number of benzene rings is 1. The predicted octanol–water partition coefficient (Wildman–Crippen LogP) is 2.87. The van der Waals surface area contributed by atoms with Crippen molar-refractivity contribution in [1.82, 2.24) is 9.97 Å². The van der Waals surface area contributed by atoms with Gasteiger partial charge >= 0.3 is 0 Å². The lowest BCUT2D eigenvalue weighted by Crippen LogP contribution is -2.15. The van der Waals surface area contributed by atoms with Crippen molar-refractivity contribution >= 4 is 15.7 Å². The van der Waals surface area contributed by atoms with Gasteiger partial charge in [0, 0.05) is 18.1 Å². The van der Waals surface area contributed by atoms with Crippen molar-refractivity contribution in [3.63, 3.8) is 0 Å². The topological polar surface area (TPSA) is 84.1 Å². The summed E-state index contributed by atoms with van der Waals surface area (Å²) >= 11 is 0. The third-order valence-corrected chi connectivity index (χ3v) is 4.41. The molecule has 0 saturated carbocycles. The summed E-state index contributed by atoms with van der Waals surface area (Å²) in [7, 11) is -3.70. The highest BCUT2D eigenvalue weighted by Gasteiger charge is 2.19. The average molecular weight is 323 g/mol. The number of anilines is 1. The van der Waals surface area contributed by atoms with Crippen LogP contribution in [0.3, 0.4) is 0 Å². The molecule has 0 amide bonds. The molecule has 0 bridgehead atoms. The first kappa shape index (κ1) is 16.5. The van der Waals surface area contributed by atoms with E-state index < -0.39 is 10.0 Å². The molecule has 1 aromatic carbocycles. The number of rotatable bonds is 7. The maximum absolute atomic E-state index is 12.4. The highest BCUT2D eigenvalue weighted by Crippen LogP contribution is 2.21. The lowest BCUT2D eigenvalue weighted by atomic mass is 10.2. The highest BCUT2D eigenvalue weighted by molar-refractivity contribution is 7.92. The van der Waals surface area contributed by atoms with E-state index in [2.05, 4.69) is 14.7 Å². The van der Waals surface area contributed by atoms with E-state index in [1.54, 1.807) is 12.1 Å². The Balaban J connectivity index is 2.24. The first-order valence-electron chi connectivity index (χ1n) is 7.17.